The van der Waals surface area contributed by atoms with Crippen molar-refractivity contribution >= 4 is 21.4 Å². The molecule has 0 fully saturated rings. The summed E-state index contributed by atoms with van der Waals surface area (Å²) in [5.74, 6) is 1.61. The first-order chi connectivity index (χ1) is 15.4. The van der Waals surface area contributed by atoms with Crippen molar-refractivity contribution in [1.82, 2.24) is 14.9 Å². The van der Waals surface area contributed by atoms with Crippen molar-refractivity contribution < 1.29 is 22.3 Å². The van der Waals surface area contributed by atoms with Crippen molar-refractivity contribution in [3.05, 3.63) is 64.4 Å². The first-order valence-corrected chi connectivity index (χ1v) is 12.0. The zero-order chi connectivity index (χ0) is 22.7. The summed E-state index contributed by atoms with van der Waals surface area (Å²) in [5, 5.41) is 10.1. The summed E-state index contributed by atoms with van der Waals surface area (Å²) in [4.78, 5) is 1.09. The van der Waals surface area contributed by atoms with E-state index >= 15 is 0 Å². The fraction of sp³-hybridized carbons (Fsp3) is 0.182. The van der Waals surface area contributed by atoms with Gasteiger partial charge in [0, 0.05) is 22.5 Å². The van der Waals surface area contributed by atoms with Crippen LogP contribution in [0.5, 0.6) is 11.5 Å². The van der Waals surface area contributed by atoms with Gasteiger partial charge in [-0.3, -0.25) is 0 Å². The summed E-state index contributed by atoms with van der Waals surface area (Å²) < 4.78 is 44.8. The van der Waals surface area contributed by atoms with Gasteiger partial charge in [0.1, 0.15) is 0 Å². The lowest BCUT2D eigenvalue weighted by molar-refractivity contribution is 0.355. The normalized spacial score (nSPS) is 11.5. The van der Waals surface area contributed by atoms with Gasteiger partial charge in [0.15, 0.2) is 11.5 Å². The zero-order valence-electron chi connectivity index (χ0n) is 17.7. The fourth-order valence-corrected chi connectivity index (χ4v) is 5.12. The van der Waals surface area contributed by atoms with Gasteiger partial charge in [0.2, 0.25) is 21.8 Å². The molecule has 1 N–H and O–H groups in total. The second-order valence-corrected chi connectivity index (χ2v) is 9.63. The van der Waals surface area contributed by atoms with Gasteiger partial charge >= 0.3 is 0 Å². The molecule has 0 atom stereocenters. The maximum Gasteiger partial charge on any atom is 0.248 e. The van der Waals surface area contributed by atoms with E-state index in [9.17, 15) is 8.42 Å². The van der Waals surface area contributed by atoms with Crippen LogP contribution in [0.25, 0.3) is 22.9 Å². The van der Waals surface area contributed by atoms with Gasteiger partial charge in [0.25, 0.3) is 0 Å². The van der Waals surface area contributed by atoms with E-state index in [1.165, 1.54) is 17.4 Å². The van der Waals surface area contributed by atoms with E-state index < -0.39 is 10.0 Å². The summed E-state index contributed by atoms with van der Waals surface area (Å²) in [5.41, 5.74) is 1.78. The van der Waals surface area contributed by atoms with Crippen LogP contribution in [-0.2, 0) is 16.6 Å². The number of thiophene rings is 1. The van der Waals surface area contributed by atoms with Gasteiger partial charge in [-0.2, -0.15) is 0 Å². The molecule has 0 spiro atoms. The zero-order valence-corrected chi connectivity index (χ0v) is 19.3. The number of sulfonamides is 1. The molecule has 0 aliphatic heterocycles. The number of methoxy groups -OCH3 is 2. The lowest BCUT2D eigenvalue weighted by atomic mass is 10.1. The molecule has 8 nitrogen and oxygen atoms in total. The van der Waals surface area contributed by atoms with Gasteiger partial charge in [-0.15, -0.1) is 21.5 Å². The number of benzene rings is 2. The molecule has 4 aromatic rings. The van der Waals surface area contributed by atoms with Crippen LogP contribution in [0.1, 0.15) is 10.4 Å². The van der Waals surface area contributed by atoms with Gasteiger partial charge < -0.3 is 13.9 Å². The Morgan fingerprint density at radius 1 is 0.969 bits per heavy atom. The topological polar surface area (TPSA) is 104 Å². The third-order valence-corrected chi connectivity index (χ3v) is 7.22. The number of aromatic nitrogens is 2. The molecule has 166 valence electrons. The van der Waals surface area contributed by atoms with Crippen molar-refractivity contribution in [2.24, 2.45) is 0 Å². The molecule has 2 aromatic carbocycles. The second kappa shape index (κ2) is 9.11. The summed E-state index contributed by atoms with van der Waals surface area (Å²) in [7, 11) is -0.624. The maximum atomic E-state index is 12.9. The minimum atomic E-state index is -3.72. The molecule has 0 aliphatic carbocycles. The van der Waals surface area contributed by atoms with Gasteiger partial charge in [-0.05, 0) is 54.3 Å². The molecule has 32 heavy (non-hydrogen) atoms. The smallest absolute Gasteiger partial charge is 0.248 e. The Bertz CT molecular complexity index is 1330. The Kier molecular flexibility index (Phi) is 6.26. The van der Waals surface area contributed by atoms with E-state index in [1.807, 2.05) is 17.5 Å². The third-order valence-electron chi connectivity index (χ3n) is 4.80. The molecule has 2 heterocycles. The van der Waals surface area contributed by atoms with Crippen LogP contribution in [0.2, 0.25) is 0 Å². The molecular formula is C22H21N3O5S2. The molecule has 0 amide bonds. The predicted molar refractivity (Wildman–Crippen MR) is 121 cm³/mol. The second-order valence-electron chi connectivity index (χ2n) is 6.87. The highest BCUT2D eigenvalue weighted by Crippen LogP contribution is 2.33. The predicted octanol–water partition coefficient (Wildman–Crippen LogP) is 4.27. The minimum Gasteiger partial charge on any atom is -0.493 e. The summed E-state index contributed by atoms with van der Waals surface area (Å²) in [6.07, 6.45) is 0. The highest BCUT2D eigenvalue weighted by atomic mass is 32.2. The molecule has 0 radical (unpaired) electrons. The Hall–Kier alpha value is -3.21. The van der Waals surface area contributed by atoms with Crippen molar-refractivity contribution in [3.63, 3.8) is 0 Å². The van der Waals surface area contributed by atoms with E-state index in [0.29, 0.717) is 28.2 Å². The maximum absolute atomic E-state index is 12.9. The van der Waals surface area contributed by atoms with Crippen LogP contribution in [0.15, 0.2) is 63.2 Å². The van der Waals surface area contributed by atoms with E-state index in [2.05, 4.69) is 14.9 Å². The Labute approximate surface area is 189 Å². The summed E-state index contributed by atoms with van der Waals surface area (Å²) in [6, 6.07) is 14.0. The Balaban J connectivity index is 1.62. The van der Waals surface area contributed by atoms with Gasteiger partial charge in [-0.25, -0.2) is 13.1 Å². The third kappa shape index (κ3) is 4.52. The van der Waals surface area contributed by atoms with Crippen LogP contribution in [0.4, 0.5) is 0 Å². The van der Waals surface area contributed by atoms with Crippen molar-refractivity contribution in [2.75, 3.05) is 14.2 Å². The number of aryl methyl sites for hydroxylation is 1. The molecule has 10 heteroatoms. The first-order valence-electron chi connectivity index (χ1n) is 9.60. The number of hydrogen-bond acceptors (Lipinski definition) is 8. The van der Waals surface area contributed by atoms with E-state index in [0.717, 1.165) is 4.88 Å². The van der Waals surface area contributed by atoms with E-state index in [-0.39, 0.29) is 23.2 Å². The molecule has 4 rings (SSSR count). The molecule has 0 aliphatic rings. The lowest BCUT2D eigenvalue weighted by Crippen LogP contribution is -2.23. The molecule has 0 bridgehead atoms. The average molecular weight is 472 g/mol. The van der Waals surface area contributed by atoms with Crippen LogP contribution in [-0.4, -0.2) is 32.8 Å². The van der Waals surface area contributed by atoms with Gasteiger partial charge in [-0.1, -0.05) is 12.1 Å². The fourth-order valence-electron chi connectivity index (χ4n) is 3.11. The molecule has 2 aromatic heterocycles. The van der Waals surface area contributed by atoms with Crippen molar-refractivity contribution in [1.29, 1.82) is 0 Å². The monoisotopic (exact) mass is 471 g/mol. The van der Waals surface area contributed by atoms with Crippen molar-refractivity contribution in [2.45, 2.75) is 18.4 Å². The largest absolute Gasteiger partial charge is 0.493 e. The van der Waals surface area contributed by atoms with Crippen molar-refractivity contribution in [3.8, 4) is 34.4 Å². The molecule has 0 saturated carbocycles. The quantitative estimate of drug-likeness (QED) is 0.409. The van der Waals surface area contributed by atoms with Crippen LogP contribution in [0, 0.1) is 6.92 Å². The number of rotatable bonds is 8. The number of nitrogens with zero attached hydrogens (tertiary/aromatic N) is 2. The summed E-state index contributed by atoms with van der Waals surface area (Å²) in [6.45, 7) is 1.97. The highest BCUT2D eigenvalue weighted by molar-refractivity contribution is 7.89. The lowest BCUT2D eigenvalue weighted by Gasteiger charge is -2.10. The number of nitrogens with one attached hydrogen (secondary N) is 1. The average Bonchev–Trinajstić information content (AvgIpc) is 3.50. The van der Waals surface area contributed by atoms with Crippen LogP contribution >= 0.6 is 11.3 Å². The van der Waals surface area contributed by atoms with Crippen LogP contribution < -0.4 is 14.2 Å². The number of hydrogen-bond donors (Lipinski definition) is 1. The first kappa shape index (κ1) is 22.0. The Morgan fingerprint density at radius 2 is 1.66 bits per heavy atom. The summed E-state index contributed by atoms with van der Waals surface area (Å²) >= 11 is 1.49. The van der Waals surface area contributed by atoms with E-state index in [4.69, 9.17) is 13.9 Å². The highest BCUT2D eigenvalue weighted by Gasteiger charge is 2.20. The number of ether oxygens (including phenoxy) is 2. The minimum absolute atomic E-state index is 0.164. The SMILES string of the molecule is COc1ccc(-c2nnc(-c3ccc(C)c(S(=O)(=O)NCc4cccs4)c3)o2)cc1OC. The molecular weight excluding hydrogens is 450 g/mol. The van der Waals surface area contributed by atoms with Gasteiger partial charge in [0.05, 0.1) is 19.1 Å². The van der Waals surface area contributed by atoms with Crippen LogP contribution in [0.3, 0.4) is 0 Å². The van der Waals surface area contributed by atoms with E-state index in [1.54, 1.807) is 51.5 Å². The molecule has 0 unspecified atom stereocenters. The molecule has 0 saturated heterocycles. The standard InChI is InChI=1S/C22H21N3O5S2/c1-14-6-7-16(12-20(14)32(26,27)23-13-17-5-4-10-31-17)22-25-24-21(30-22)15-8-9-18(28-2)19(11-15)29-3/h4-12,23H,13H2,1-3H3. The Morgan fingerprint density at radius 3 is 2.31 bits per heavy atom.